The summed E-state index contributed by atoms with van der Waals surface area (Å²) in [7, 11) is 0. The molecule has 0 aliphatic carbocycles. The van der Waals surface area contributed by atoms with Gasteiger partial charge >= 0.3 is 5.97 Å². The summed E-state index contributed by atoms with van der Waals surface area (Å²) in [6.45, 7) is 0.322. The molecule has 9 heteroatoms. The number of aromatic nitrogens is 4. The Morgan fingerprint density at radius 1 is 1.21 bits per heavy atom. The third-order valence-corrected chi connectivity index (χ3v) is 3.14. The Morgan fingerprint density at radius 2 is 2.00 bits per heavy atom. The van der Waals surface area contributed by atoms with Crippen molar-refractivity contribution in [3.05, 3.63) is 48.2 Å². The molecule has 0 atom stereocenters. The number of ether oxygens (including phenoxy) is 2. The molecule has 3 aromatic rings. The molecule has 0 bridgehead atoms. The minimum absolute atomic E-state index is 0.0169. The SMILES string of the molecule is Nc1nc(F)c2ncn(COCCOC(=O)c3ccccc3)c2n1. The second-order valence-corrected chi connectivity index (χ2v) is 4.80. The fraction of sp³-hybridized carbons (Fsp3) is 0.200. The fourth-order valence-corrected chi connectivity index (χ4v) is 2.03. The number of nitrogens with two attached hydrogens (primary N) is 1. The number of halogens is 1. The van der Waals surface area contributed by atoms with Crippen molar-refractivity contribution in [3.63, 3.8) is 0 Å². The molecule has 0 aliphatic heterocycles. The molecule has 0 saturated heterocycles. The summed E-state index contributed by atoms with van der Waals surface area (Å²) in [5, 5.41) is 0. The maximum absolute atomic E-state index is 13.5. The monoisotopic (exact) mass is 331 g/mol. The predicted molar refractivity (Wildman–Crippen MR) is 82.4 cm³/mol. The number of esters is 1. The van der Waals surface area contributed by atoms with Crippen LogP contribution in [0.1, 0.15) is 10.4 Å². The van der Waals surface area contributed by atoms with Gasteiger partial charge in [-0.05, 0) is 12.1 Å². The third kappa shape index (κ3) is 3.46. The number of hydrogen-bond acceptors (Lipinski definition) is 7. The van der Waals surface area contributed by atoms with E-state index in [0.717, 1.165) is 0 Å². The van der Waals surface area contributed by atoms with Crippen molar-refractivity contribution in [3.8, 4) is 0 Å². The molecule has 0 unspecified atom stereocenters. The van der Waals surface area contributed by atoms with E-state index in [0.29, 0.717) is 5.56 Å². The zero-order valence-corrected chi connectivity index (χ0v) is 12.6. The van der Waals surface area contributed by atoms with Gasteiger partial charge in [0.1, 0.15) is 13.3 Å². The van der Waals surface area contributed by atoms with Crippen LogP contribution in [0.4, 0.5) is 10.3 Å². The fourth-order valence-electron chi connectivity index (χ4n) is 2.03. The molecule has 0 radical (unpaired) electrons. The Labute approximate surface area is 136 Å². The summed E-state index contributed by atoms with van der Waals surface area (Å²) in [5.74, 6) is -1.39. The van der Waals surface area contributed by atoms with E-state index in [-0.39, 0.29) is 37.1 Å². The molecule has 0 spiro atoms. The standard InChI is InChI=1S/C15H14FN5O3/c16-12-11-13(20-15(17)19-12)21(8-18-11)9-23-6-7-24-14(22)10-4-2-1-3-5-10/h1-5,8H,6-7,9H2,(H2,17,19,20). The molecular formula is C15H14FN5O3. The summed E-state index contributed by atoms with van der Waals surface area (Å²) in [6, 6.07) is 8.65. The maximum Gasteiger partial charge on any atom is 0.338 e. The molecule has 1 aromatic carbocycles. The first-order chi connectivity index (χ1) is 11.6. The highest BCUT2D eigenvalue weighted by molar-refractivity contribution is 5.89. The zero-order valence-electron chi connectivity index (χ0n) is 12.6. The lowest BCUT2D eigenvalue weighted by atomic mass is 10.2. The number of imidazole rings is 1. The number of benzene rings is 1. The van der Waals surface area contributed by atoms with E-state index in [2.05, 4.69) is 15.0 Å². The van der Waals surface area contributed by atoms with E-state index < -0.39 is 11.9 Å². The lowest BCUT2D eigenvalue weighted by molar-refractivity contribution is 0.0181. The van der Waals surface area contributed by atoms with Crippen molar-refractivity contribution in [1.82, 2.24) is 19.5 Å². The molecule has 3 rings (SSSR count). The highest BCUT2D eigenvalue weighted by Gasteiger charge is 2.12. The van der Waals surface area contributed by atoms with Crippen LogP contribution >= 0.6 is 0 Å². The van der Waals surface area contributed by atoms with Crippen LogP contribution in [0.3, 0.4) is 0 Å². The Kier molecular flexibility index (Phi) is 4.62. The molecule has 0 saturated carbocycles. The maximum atomic E-state index is 13.5. The smallest absolute Gasteiger partial charge is 0.338 e. The summed E-state index contributed by atoms with van der Waals surface area (Å²) in [6.07, 6.45) is 1.37. The first-order valence-electron chi connectivity index (χ1n) is 7.09. The van der Waals surface area contributed by atoms with Gasteiger partial charge in [0, 0.05) is 0 Å². The lowest BCUT2D eigenvalue weighted by Gasteiger charge is -2.07. The Morgan fingerprint density at radius 3 is 2.79 bits per heavy atom. The van der Waals surface area contributed by atoms with Gasteiger partial charge in [0.2, 0.25) is 11.9 Å². The van der Waals surface area contributed by atoms with Gasteiger partial charge in [0.25, 0.3) is 0 Å². The predicted octanol–water partition coefficient (Wildman–Crippen LogP) is 1.38. The van der Waals surface area contributed by atoms with Crippen molar-refractivity contribution >= 4 is 23.1 Å². The Balaban J connectivity index is 1.50. The van der Waals surface area contributed by atoms with Crippen LogP contribution in [0.25, 0.3) is 11.2 Å². The number of nitrogen functional groups attached to an aromatic ring is 1. The summed E-state index contributed by atoms with van der Waals surface area (Å²) in [5.41, 5.74) is 6.14. The molecule has 0 fully saturated rings. The van der Waals surface area contributed by atoms with Crippen LogP contribution < -0.4 is 5.73 Å². The van der Waals surface area contributed by atoms with Crippen LogP contribution in [0.15, 0.2) is 36.7 Å². The number of hydrogen-bond donors (Lipinski definition) is 1. The second kappa shape index (κ2) is 7.01. The van der Waals surface area contributed by atoms with Gasteiger partial charge in [0.05, 0.1) is 18.5 Å². The average molecular weight is 331 g/mol. The number of carbonyl (C=O) groups is 1. The second-order valence-electron chi connectivity index (χ2n) is 4.80. The topological polar surface area (TPSA) is 105 Å². The van der Waals surface area contributed by atoms with Crippen LogP contribution in [0.5, 0.6) is 0 Å². The molecule has 0 aliphatic rings. The Hall–Kier alpha value is -3.07. The molecule has 2 N–H and O–H groups in total. The molecule has 24 heavy (non-hydrogen) atoms. The highest BCUT2D eigenvalue weighted by Crippen LogP contribution is 2.13. The van der Waals surface area contributed by atoms with Crippen molar-refractivity contribution in [2.75, 3.05) is 18.9 Å². The van der Waals surface area contributed by atoms with E-state index in [1.54, 1.807) is 24.3 Å². The highest BCUT2D eigenvalue weighted by atomic mass is 19.1. The van der Waals surface area contributed by atoms with Gasteiger partial charge in [-0.25, -0.2) is 9.78 Å². The summed E-state index contributed by atoms with van der Waals surface area (Å²) < 4.78 is 25.5. The van der Waals surface area contributed by atoms with E-state index in [1.807, 2.05) is 6.07 Å². The van der Waals surface area contributed by atoms with Gasteiger partial charge in [0.15, 0.2) is 11.2 Å². The van der Waals surface area contributed by atoms with Gasteiger partial charge in [-0.3, -0.25) is 4.57 Å². The van der Waals surface area contributed by atoms with Crippen molar-refractivity contribution in [1.29, 1.82) is 0 Å². The number of fused-ring (bicyclic) bond motifs is 1. The number of rotatable bonds is 6. The largest absolute Gasteiger partial charge is 0.460 e. The van der Waals surface area contributed by atoms with Crippen molar-refractivity contribution < 1.29 is 18.7 Å². The van der Waals surface area contributed by atoms with Crippen molar-refractivity contribution in [2.45, 2.75) is 6.73 Å². The Bertz CT molecular complexity index is 853. The van der Waals surface area contributed by atoms with E-state index >= 15 is 0 Å². The molecule has 0 amide bonds. The van der Waals surface area contributed by atoms with E-state index in [9.17, 15) is 9.18 Å². The van der Waals surface area contributed by atoms with Crippen molar-refractivity contribution in [2.24, 2.45) is 0 Å². The minimum atomic E-state index is -0.784. The molecule has 2 aromatic heterocycles. The van der Waals surface area contributed by atoms with Crippen LogP contribution in [-0.4, -0.2) is 38.7 Å². The number of nitrogens with zero attached hydrogens (tertiary/aromatic N) is 4. The van der Waals surface area contributed by atoms with Gasteiger partial charge < -0.3 is 15.2 Å². The first kappa shape index (κ1) is 15.8. The number of anilines is 1. The third-order valence-electron chi connectivity index (χ3n) is 3.14. The summed E-state index contributed by atoms with van der Waals surface area (Å²) >= 11 is 0. The molecule has 8 nitrogen and oxygen atoms in total. The quantitative estimate of drug-likeness (QED) is 0.413. The van der Waals surface area contributed by atoms with E-state index in [1.165, 1.54) is 10.9 Å². The van der Waals surface area contributed by atoms with Crippen LogP contribution in [0.2, 0.25) is 0 Å². The first-order valence-corrected chi connectivity index (χ1v) is 7.09. The van der Waals surface area contributed by atoms with Crippen LogP contribution in [0, 0.1) is 5.95 Å². The average Bonchev–Trinajstić information content (AvgIpc) is 2.98. The van der Waals surface area contributed by atoms with Gasteiger partial charge in [-0.1, -0.05) is 18.2 Å². The molecule has 124 valence electrons. The number of carbonyl (C=O) groups excluding carboxylic acids is 1. The zero-order chi connectivity index (χ0) is 16.9. The van der Waals surface area contributed by atoms with Crippen LogP contribution in [-0.2, 0) is 16.2 Å². The van der Waals surface area contributed by atoms with Gasteiger partial charge in [-0.15, -0.1) is 0 Å². The summed E-state index contributed by atoms with van der Waals surface area (Å²) in [4.78, 5) is 22.9. The lowest BCUT2D eigenvalue weighted by Crippen LogP contribution is -2.12. The molecular weight excluding hydrogens is 317 g/mol. The van der Waals surface area contributed by atoms with Gasteiger partial charge in [-0.2, -0.15) is 14.4 Å². The molecule has 2 heterocycles. The minimum Gasteiger partial charge on any atom is -0.460 e. The van der Waals surface area contributed by atoms with E-state index in [4.69, 9.17) is 15.2 Å². The normalized spacial score (nSPS) is 10.9.